The minimum atomic E-state index is -1.17. The number of hydrogen-bond donors (Lipinski definition) is 2. The largest absolute Gasteiger partial charge is 0.480 e. The van der Waals surface area contributed by atoms with E-state index in [0.717, 1.165) is 12.1 Å². The van der Waals surface area contributed by atoms with Crippen molar-refractivity contribution < 1.29 is 24.0 Å². The second-order valence-electron chi connectivity index (χ2n) is 3.73. The molecule has 20 heavy (non-hydrogen) atoms. The fourth-order valence-corrected chi connectivity index (χ4v) is 2.36. The Kier molecular flexibility index (Phi) is 5.91. The first-order chi connectivity index (χ1) is 9.45. The van der Waals surface area contributed by atoms with Gasteiger partial charge in [-0.1, -0.05) is 6.07 Å². The zero-order valence-electron chi connectivity index (χ0n) is 10.1. The van der Waals surface area contributed by atoms with Gasteiger partial charge in [-0.15, -0.1) is 0 Å². The molecule has 0 heterocycles. The van der Waals surface area contributed by atoms with Crippen LogP contribution in [0.1, 0.15) is 5.56 Å². The number of aliphatic carboxylic acids is 1. The molecule has 0 radical (unpaired) electrons. The van der Waals surface area contributed by atoms with E-state index >= 15 is 0 Å². The summed E-state index contributed by atoms with van der Waals surface area (Å²) in [4.78, 5) is 30.6. The first-order valence-electron chi connectivity index (χ1n) is 5.38. The highest BCUT2D eigenvalue weighted by Gasteiger charge is 2.17. The minimum absolute atomic E-state index is 0.104. The molecule has 0 bridgehead atoms. The van der Waals surface area contributed by atoms with E-state index in [4.69, 9.17) is 5.11 Å². The number of thioether (sulfide) groups is 1. The van der Waals surface area contributed by atoms with Crippen molar-refractivity contribution in [1.29, 1.82) is 0 Å². The molecule has 1 rings (SSSR count). The molecule has 0 fully saturated rings. The van der Waals surface area contributed by atoms with Crippen molar-refractivity contribution in [3.63, 3.8) is 0 Å². The predicted molar refractivity (Wildman–Crippen MR) is 69.8 cm³/mol. The Labute approximate surface area is 117 Å². The van der Waals surface area contributed by atoms with Crippen LogP contribution in [-0.4, -0.2) is 34.2 Å². The molecule has 1 amide bonds. The number of benzene rings is 1. The van der Waals surface area contributed by atoms with E-state index in [1.54, 1.807) is 0 Å². The number of carbonyl (C=O) groups is 2. The van der Waals surface area contributed by atoms with Crippen molar-refractivity contribution in [3.05, 3.63) is 39.7 Å². The van der Waals surface area contributed by atoms with Crippen LogP contribution in [0.4, 0.5) is 10.1 Å². The highest BCUT2D eigenvalue weighted by Crippen LogP contribution is 2.21. The van der Waals surface area contributed by atoms with Gasteiger partial charge >= 0.3 is 11.7 Å². The van der Waals surface area contributed by atoms with Crippen molar-refractivity contribution in [2.45, 2.75) is 11.8 Å². The molecule has 9 heteroatoms. The van der Waals surface area contributed by atoms with E-state index in [1.807, 2.05) is 0 Å². The Balaban J connectivity index is 2.58. The summed E-state index contributed by atoms with van der Waals surface area (Å²) in [7, 11) is 0. The number of nitro groups is 1. The Bertz CT molecular complexity index is 526. The number of carboxylic acid groups (broad SMARTS) is 1. The minimum Gasteiger partial charge on any atom is -0.480 e. The Hall–Kier alpha value is -2.16. The molecule has 0 aliphatic rings. The molecule has 1 unspecified atom stereocenters. The van der Waals surface area contributed by atoms with Gasteiger partial charge < -0.3 is 10.4 Å². The van der Waals surface area contributed by atoms with Crippen LogP contribution in [0.5, 0.6) is 0 Å². The van der Waals surface area contributed by atoms with Crippen LogP contribution >= 0.6 is 11.8 Å². The lowest BCUT2D eigenvalue weighted by Crippen LogP contribution is -2.37. The van der Waals surface area contributed by atoms with Crippen LogP contribution in [0.2, 0.25) is 0 Å². The summed E-state index contributed by atoms with van der Waals surface area (Å²) in [5.41, 5.74) is -0.113. The van der Waals surface area contributed by atoms with Gasteiger partial charge in [0, 0.05) is 17.6 Å². The third kappa shape index (κ3) is 4.50. The van der Waals surface area contributed by atoms with E-state index in [2.05, 4.69) is 5.32 Å². The summed E-state index contributed by atoms with van der Waals surface area (Å²) in [5, 5.41) is 21.3. The lowest BCUT2D eigenvalue weighted by Gasteiger charge is -2.10. The number of hydrogen-bond acceptors (Lipinski definition) is 5. The molecule has 1 aromatic carbocycles. The number of rotatable bonds is 8. The number of halogens is 1. The summed E-state index contributed by atoms with van der Waals surface area (Å²) in [6, 6.07) is 2.47. The number of nitrogens with one attached hydrogen (secondary N) is 1. The third-order valence-electron chi connectivity index (χ3n) is 2.33. The Morgan fingerprint density at radius 1 is 1.60 bits per heavy atom. The number of carbonyl (C=O) groups excluding carboxylic acids is 1. The molecule has 0 aliphatic carbocycles. The van der Waals surface area contributed by atoms with Crippen molar-refractivity contribution in [2.24, 2.45) is 0 Å². The Morgan fingerprint density at radius 3 is 2.80 bits per heavy atom. The van der Waals surface area contributed by atoms with Crippen LogP contribution in [0.3, 0.4) is 0 Å². The van der Waals surface area contributed by atoms with E-state index in [-0.39, 0.29) is 11.5 Å². The van der Waals surface area contributed by atoms with Crippen LogP contribution < -0.4 is 5.32 Å². The monoisotopic (exact) mass is 302 g/mol. The molecule has 1 atom stereocenters. The normalized spacial score (nSPS) is 11.7. The SMILES string of the molecule is O=CNC(CSCc1ccc([N+](=O)[O-])c(F)c1)C(=O)O. The van der Waals surface area contributed by atoms with Crippen molar-refractivity contribution in [3.8, 4) is 0 Å². The lowest BCUT2D eigenvalue weighted by atomic mass is 10.2. The molecule has 7 nitrogen and oxygen atoms in total. The van der Waals surface area contributed by atoms with Crippen LogP contribution in [0.15, 0.2) is 18.2 Å². The maximum Gasteiger partial charge on any atom is 0.327 e. The van der Waals surface area contributed by atoms with E-state index in [9.17, 15) is 24.1 Å². The number of nitro benzene ring substituents is 1. The van der Waals surface area contributed by atoms with Crippen molar-refractivity contribution in [2.75, 3.05) is 5.75 Å². The first kappa shape index (κ1) is 15.9. The van der Waals surface area contributed by atoms with Crippen molar-refractivity contribution >= 4 is 29.8 Å². The Morgan fingerprint density at radius 2 is 2.30 bits per heavy atom. The summed E-state index contributed by atoms with van der Waals surface area (Å²) in [6.45, 7) is 0. The van der Waals surface area contributed by atoms with Gasteiger partial charge in [0.2, 0.25) is 12.2 Å². The molecule has 108 valence electrons. The number of amides is 1. The van der Waals surface area contributed by atoms with Crippen LogP contribution in [0.25, 0.3) is 0 Å². The average Bonchev–Trinajstić information content (AvgIpc) is 2.37. The standard InChI is InChI=1S/C11H11FN2O5S/c12-8-3-7(1-2-10(8)14(18)19)4-20-5-9(11(16)17)13-6-15/h1-3,6,9H,4-5H2,(H,13,15)(H,16,17). The molecule has 0 saturated heterocycles. The van der Waals surface area contributed by atoms with Gasteiger partial charge in [0.25, 0.3) is 0 Å². The summed E-state index contributed by atoms with van der Waals surface area (Å²) in [5.74, 6) is -1.72. The van der Waals surface area contributed by atoms with Gasteiger partial charge in [0.15, 0.2) is 0 Å². The number of nitrogens with zero attached hydrogens (tertiary/aromatic N) is 1. The smallest absolute Gasteiger partial charge is 0.327 e. The summed E-state index contributed by atoms with van der Waals surface area (Å²) >= 11 is 1.17. The fourth-order valence-electron chi connectivity index (χ4n) is 1.36. The predicted octanol–water partition coefficient (Wildman–Crippen LogP) is 1.17. The molecule has 0 aromatic heterocycles. The first-order valence-corrected chi connectivity index (χ1v) is 6.54. The number of carboxylic acids is 1. The van der Waals surface area contributed by atoms with Crippen LogP contribution in [0, 0.1) is 15.9 Å². The van der Waals surface area contributed by atoms with Gasteiger partial charge in [-0.05, 0) is 11.6 Å². The van der Waals surface area contributed by atoms with Gasteiger partial charge in [-0.3, -0.25) is 14.9 Å². The molecular formula is C11H11FN2O5S. The summed E-state index contributed by atoms with van der Waals surface area (Å²) in [6.07, 6.45) is 0.297. The maximum atomic E-state index is 13.3. The zero-order valence-corrected chi connectivity index (χ0v) is 10.9. The fraction of sp³-hybridized carbons (Fsp3) is 0.273. The molecule has 0 aliphatic heterocycles. The molecule has 2 N–H and O–H groups in total. The molecular weight excluding hydrogens is 291 g/mol. The zero-order chi connectivity index (χ0) is 15.1. The second kappa shape index (κ2) is 7.43. The highest BCUT2D eigenvalue weighted by molar-refractivity contribution is 7.98. The van der Waals surface area contributed by atoms with Gasteiger partial charge in [-0.25, -0.2) is 4.79 Å². The quantitative estimate of drug-likeness (QED) is 0.424. The molecule has 0 saturated carbocycles. The lowest BCUT2D eigenvalue weighted by molar-refractivity contribution is -0.387. The molecule has 0 spiro atoms. The summed E-state index contributed by atoms with van der Waals surface area (Å²) < 4.78 is 13.3. The average molecular weight is 302 g/mol. The van der Waals surface area contributed by atoms with Crippen molar-refractivity contribution in [1.82, 2.24) is 5.32 Å². The van der Waals surface area contributed by atoms with E-state index in [0.29, 0.717) is 12.0 Å². The van der Waals surface area contributed by atoms with Crippen LogP contribution in [-0.2, 0) is 15.3 Å². The topological polar surface area (TPSA) is 110 Å². The maximum absolute atomic E-state index is 13.3. The van der Waals surface area contributed by atoms with Gasteiger partial charge in [0.05, 0.1) is 4.92 Å². The van der Waals surface area contributed by atoms with Gasteiger partial charge in [0.1, 0.15) is 6.04 Å². The second-order valence-corrected chi connectivity index (χ2v) is 4.76. The molecule has 1 aromatic rings. The third-order valence-corrected chi connectivity index (χ3v) is 3.44. The van der Waals surface area contributed by atoms with E-state index in [1.165, 1.54) is 17.8 Å². The highest BCUT2D eigenvalue weighted by atomic mass is 32.2. The van der Waals surface area contributed by atoms with E-state index < -0.39 is 28.4 Å². The van der Waals surface area contributed by atoms with Gasteiger partial charge in [-0.2, -0.15) is 16.2 Å².